The SMILES string of the molecule is Cc1cccc(C(=O)N2CC[C@@H]3OCC(=O)N(c4ccccc4)C[C@H]3C2)n1. The van der Waals surface area contributed by atoms with Crippen LogP contribution in [0.15, 0.2) is 48.5 Å². The molecular formula is C21H23N3O3. The summed E-state index contributed by atoms with van der Waals surface area (Å²) >= 11 is 0. The predicted molar refractivity (Wildman–Crippen MR) is 102 cm³/mol. The van der Waals surface area contributed by atoms with Gasteiger partial charge in [-0.2, -0.15) is 0 Å². The minimum atomic E-state index is -0.0565. The molecule has 2 atom stereocenters. The quantitative estimate of drug-likeness (QED) is 0.819. The minimum absolute atomic E-state index is 0.00261. The Morgan fingerprint density at radius 1 is 1.11 bits per heavy atom. The normalized spacial score (nSPS) is 22.9. The molecule has 0 saturated carbocycles. The number of anilines is 1. The van der Waals surface area contributed by atoms with Crippen LogP contribution in [0.4, 0.5) is 5.69 Å². The third-order valence-electron chi connectivity index (χ3n) is 5.27. The number of pyridine rings is 1. The van der Waals surface area contributed by atoms with Crippen molar-refractivity contribution in [1.82, 2.24) is 9.88 Å². The summed E-state index contributed by atoms with van der Waals surface area (Å²) < 4.78 is 5.88. The largest absolute Gasteiger partial charge is 0.368 e. The Balaban J connectivity index is 1.53. The van der Waals surface area contributed by atoms with Gasteiger partial charge in [-0.15, -0.1) is 0 Å². The van der Waals surface area contributed by atoms with E-state index in [9.17, 15) is 9.59 Å². The van der Waals surface area contributed by atoms with Gasteiger partial charge in [-0.1, -0.05) is 24.3 Å². The topological polar surface area (TPSA) is 62.7 Å². The van der Waals surface area contributed by atoms with Crippen molar-refractivity contribution in [3.8, 4) is 0 Å². The number of carbonyl (C=O) groups is 2. The molecule has 1 aromatic carbocycles. The standard InChI is InChI=1S/C21H23N3O3/c1-15-6-5-9-18(22-15)21(26)23-11-10-19-16(12-23)13-24(20(25)14-27-19)17-7-3-2-4-8-17/h2-9,16,19H,10-14H2,1H3/t16-,19+/m1/s1. The molecule has 2 saturated heterocycles. The van der Waals surface area contributed by atoms with Crippen LogP contribution in [-0.2, 0) is 9.53 Å². The molecule has 2 amide bonds. The molecule has 6 nitrogen and oxygen atoms in total. The molecule has 0 aliphatic carbocycles. The fraction of sp³-hybridized carbons (Fsp3) is 0.381. The fourth-order valence-electron chi connectivity index (χ4n) is 3.86. The average molecular weight is 365 g/mol. The highest BCUT2D eigenvalue weighted by Crippen LogP contribution is 2.27. The summed E-state index contributed by atoms with van der Waals surface area (Å²) in [4.78, 5) is 33.4. The summed E-state index contributed by atoms with van der Waals surface area (Å²) in [6, 6.07) is 15.1. The van der Waals surface area contributed by atoms with E-state index in [1.807, 2.05) is 54.3 Å². The maximum Gasteiger partial charge on any atom is 0.272 e. The predicted octanol–water partition coefficient (Wildman–Crippen LogP) is 2.28. The number of likely N-dealkylation sites (tertiary alicyclic amines) is 1. The van der Waals surface area contributed by atoms with E-state index in [0.29, 0.717) is 25.3 Å². The number of aromatic nitrogens is 1. The first-order valence-corrected chi connectivity index (χ1v) is 9.32. The zero-order valence-electron chi connectivity index (χ0n) is 15.4. The zero-order chi connectivity index (χ0) is 18.8. The third-order valence-corrected chi connectivity index (χ3v) is 5.27. The lowest BCUT2D eigenvalue weighted by molar-refractivity contribution is -0.124. The summed E-state index contributed by atoms with van der Waals surface area (Å²) in [5, 5.41) is 0. The first kappa shape index (κ1) is 17.7. The van der Waals surface area contributed by atoms with Crippen molar-refractivity contribution < 1.29 is 14.3 Å². The molecular weight excluding hydrogens is 342 g/mol. The first-order chi connectivity index (χ1) is 13.1. The number of hydrogen-bond acceptors (Lipinski definition) is 4. The van der Waals surface area contributed by atoms with Crippen LogP contribution in [0.1, 0.15) is 22.6 Å². The Bertz CT molecular complexity index is 840. The second-order valence-electron chi connectivity index (χ2n) is 7.15. The van der Waals surface area contributed by atoms with Gasteiger partial charge in [0.15, 0.2) is 0 Å². The molecule has 6 heteroatoms. The minimum Gasteiger partial charge on any atom is -0.368 e. The molecule has 140 valence electrons. The summed E-state index contributed by atoms with van der Waals surface area (Å²) in [7, 11) is 0. The van der Waals surface area contributed by atoms with Gasteiger partial charge in [-0.3, -0.25) is 9.59 Å². The van der Waals surface area contributed by atoms with Gasteiger partial charge in [0.05, 0.1) is 6.10 Å². The Morgan fingerprint density at radius 3 is 2.70 bits per heavy atom. The highest BCUT2D eigenvalue weighted by molar-refractivity contribution is 5.95. The van der Waals surface area contributed by atoms with Crippen LogP contribution in [-0.4, -0.2) is 54.0 Å². The number of carbonyl (C=O) groups excluding carboxylic acids is 2. The number of rotatable bonds is 2. The number of amides is 2. The summed E-state index contributed by atoms with van der Waals surface area (Å²) in [5.41, 5.74) is 2.17. The highest BCUT2D eigenvalue weighted by Gasteiger charge is 2.37. The van der Waals surface area contributed by atoms with E-state index < -0.39 is 0 Å². The van der Waals surface area contributed by atoms with Crippen molar-refractivity contribution in [3.05, 3.63) is 59.9 Å². The van der Waals surface area contributed by atoms with Crippen LogP contribution >= 0.6 is 0 Å². The molecule has 4 rings (SSSR count). The van der Waals surface area contributed by atoms with Crippen LogP contribution in [0.2, 0.25) is 0 Å². The van der Waals surface area contributed by atoms with Crippen molar-refractivity contribution >= 4 is 17.5 Å². The average Bonchev–Trinajstić information content (AvgIpc) is 2.86. The van der Waals surface area contributed by atoms with Gasteiger partial charge in [0, 0.05) is 36.9 Å². The molecule has 27 heavy (non-hydrogen) atoms. The van der Waals surface area contributed by atoms with E-state index in [0.717, 1.165) is 17.8 Å². The Kier molecular flexibility index (Phi) is 4.90. The molecule has 2 aliphatic heterocycles. The van der Waals surface area contributed by atoms with E-state index in [2.05, 4.69) is 4.98 Å². The summed E-state index contributed by atoms with van der Waals surface area (Å²) in [5.74, 6) is -0.00743. The van der Waals surface area contributed by atoms with Crippen molar-refractivity contribution in [2.45, 2.75) is 19.4 Å². The summed E-state index contributed by atoms with van der Waals surface area (Å²) in [6.45, 7) is 3.71. The van der Waals surface area contributed by atoms with Crippen molar-refractivity contribution in [2.24, 2.45) is 5.92 Å². The molecule has 3 heterocycles. The second-order valence-corrected chi connectivity index (χ2v) is 7.15. The number of ether oxygens (including phenoxy) is 1. The van der Waals surface area contributed by atoms with Gasteiger partial charge in [-0.05, 0) is 37.6 Å². The van der Waals surface area contributed by atoms with E-state index in [1.54, 1.807) is 11.0 Å². The van der Waals surface area contributed by atoms with Crippen LogP contribution in [0.25, 0.3) is 0 Å². The van der Waals surface area contributed by atoms with Gasteiger partial charge < -0.3 is 14.5 Å². The number of benzene rings is 1. The Morgan fingerprint density at radius 2 is 1.93 bits per heavy atom. The van der Waals surface area contributed by atoms with Gasteiger partial charge in [0.1, 0.15) is 12.3 Å². The molecule has 2 aliphatic rings. The molecule has 0 N–H and O–H groups in total. The third kappa shape index (κ3) is 3.71. The lowest BCUT2D eigenvalue weighted by Gasteiger charge is -2.38. The van der Waals surface area contributed by atoms with E-state index in [-0.39, 0.29) is 30.4 Å². The lowest BCUT2D eigenvalue weighted by Crippen LogP contribution is -2.49. The maximum absolute atomic E-state index is 12.9. The molecule has 0 unspecified atom stereocenters. The van der Waals surface area contributed by atoms with Crippen molar-refractivity contribution in [2.75, 3.05) is 31.1 Å². The Labute approximate surface area is 158 Å². The van der Waals surface area contributed by atoms with E-state index >= 15 is 0 Å². The monoisotopic (exact) mass is 365 g/mol. The number of fused-ring (bicyclic) bond motifs is 1. The van der Waals surface area contributed by atoms with Gasteiger partial charge in [0.2, 0.25) is 0 Å². The lowest BCUT2D eigenvalue weighted by atomic mass is 9.93. The number of para-hydroxylation sites is 1. The number of hydrogen-bond donors (Lipinski definition) is 0. The molecule has 2 aromatic rings. The maximum atomic E-state index is 12.9. The van der Waals surface area contributed by atoms with Crippen molar-refractivity contribution in [3.63, 3.8) is 0 Å². The van der Waals surface area contributed by atoms with Gasteiger partial charge in [-0.25, -0.2) is 4.98 Å². The molecule has 1 aromatic heterocycles. The van der Waals surface area contributed by atoms with E-state index in [1.165, 1.54) is 0 Å². The van der Waals surface area contributed by atoms with Gasteiger partial charge in [0.25, 0.3) is 11.8 Å². The number of nitrogens with zero attached hydrogens (tertiary/aromatic N) is 3. The van der Waals surface area contributed by atoms with Crippen LogP contribution in [0.5, 0.6) is 0 Å². The summed E-state index contributed by atoms with van der Waals surface area (Å²) in [6.07, 6.45) is 0.732. The van der Waals surface area contributed by atoms with Crippen molar-refractivity contribution in [1.29, 1.82) is 0 Å². The molecule has 0 spiro atoms. The fourth-order valence-corrected chi connectivity index (χ4v) is 3.86. The van der Waals surface area contributed by atoms with Crippen LogP contribution in [0.3, 0.4) is 0 Å². The molecule has 0 bridgehead atoms. The molecule has 2 fully saturated rings. The zero-order valence-corrected chi connectivity index (χ0v) is 15.4. The number of piperidine rings is 1. The smallest absolute Gasteiger partial charge is 0.272 e. The Hall–Kier alpha value is -2.73. The molecule has 0 radical (unpaired) electrons. The van der Waals surface area contributed by atoms with E-state index in [4.69, 9.17) is 4.74 Å². The van der Waals surface area contributed by atoms with Gasteiger partial charge >= 0.3 is 0 Å². The first-order valence-electron chi connectivity index (χ1n) is 9.32. The number of aryl methyl sites for hydroxylation is 1. The van der Waals surface area contributed by atoms with Crippen LogP contribution in [0, 0.1) is 12.8 Å². The second kappa shape index (κ2) is 7.48. The highest BCUT2D eigenvalue weighted by atomic mass is 16.5. The van der Waals surface area contributed by atoms with Crippen LogP contribution < -0.4 is 4.90 Å².